The van der Waals surface area contributed by atoms with E-state index >= 15 is 0 Å². The van der Waals surface area contributed by atoms with Gasteiger partial charge in [-0.25, -0.2) is 4.39 Å². The van der Waals surface area contributed by atoms with E-state index in [1.54, 1.807) is 0 Å². The van der Waals surface area contributed by atoms with Gasteiger partial charge in [0.25, 0.3) is 5.95 Å². The molecule has 4 heteroatoms. The molecule has 1 fully saturated rings. The summed E-state index contributed by atoms with van der Waals surface area (Å²) in [6.45, 7) is 2.16. The molecule has 134 valence electrons. The molecule has 1 aliphatic rings. The first kappa shape index (κ1) is 18.0. The van der Waals surface area contributed by atoms with Gasteiger partial charge in [0.1, 0.15) is 0 Å². The maximum atomic E-state index is 13.6. The SMILES string of the molecule is CCc1ccc([C@H]2CC[C@H](CCc3cc(F)c(F)nc3F)CC2)cc1. The molecule has 1 heterocycles. The van der Waals surface area contributed by atoms with E-state index in [0.717, 1.165) is 44.6 Å². The molecule has 0 saturated heterocycles. The number of aryl methyl sites for hydroxylation is 2. The Balaban J connectivity index is 1.51. The summed E-state index contributed by atoms with van der Waals surface area (Å²) < 4.78 is 39.7. The van der Waals surface area contributed by atoms with Crippen LogP contribution in [0, 0.1) is 23.6 Å². The molecule has 0 spiro atoms. The molecular formula is C21H24F3N. The lowest BCUT2D eigenvalue weighted by molar-refractivity contribution is 0.308. The molecule has 1 nitrogen and oxygen atoms in total. The Labute approximate surface area is 147 Å². The lowest BCUT2D eigenvalue weighted by Crippen LogP contribution is -2.14. The minimum Gasteiger partial charge on any atom is -0.202 e. The van der Waals surface area contributed by atoms with E-state index in [4.69, 9.17) is 0 Å². The largest absolute Gasteiger partial charge is 0.251 e. The van der Waals surface area contributed by atoms with Crippen LogP contribution in [0.4, 0.5) is 13.2 Å². The standard InChI is InChI=1S/C21H24F3N/c1-2-14-3-8-16(9-4-14)17-10-5-15(6-11-17)7-12-18-13-19(22)21(24)25-20(18)23/h3-4,8-9,13,15,17H,2,5-7,10-12H2,1H3/t15-,17-. The van der Waals surface area contributed by atoms with Crippen molar-refractivity contribution < 1.29 is 13.2 Å². The van der Waals surface area contributed by atoms with Crippen LogP contribution in [0.5, 0.6) is 0 Å². The Morgan fingerprint density at radius 1 is 0.960 bits per heavy atom. The number of hydrogen-bond acceptors (Lipinski definition) is 1. The van der Waals surface area contributed by atoms with Crippen molar-refractivity contribution in [1.29, 1.82) is 0 Å². The lowest BCUT2D eigenvalue weighted by atomic mass is 9.77. The summed E-state index contributed by atoms with van der Waals surface area (Å²) >= 11 is 0. The summed E-state index contributed by atoms with van der Waals surface area (Å²) in [5, 5.41) is 0. The molecule has 0 N–H and O–H groups in total. The van der Waals surface area contributed by atoms with Gasteiger partial charge >= 0.3 is 0 Å². The Kier molecular flexibility index (Phi) is 5.77. The van der Waals surface area contributed by atoms with Crippen molar-refractivity contribution in [3.8, 4) is 0 Å². The second-order valence-electron chi connectivity index (χ2n) is 7.06. The molecule has 25 heavy (non-hydrogen) atoms. The summed E-state index contributed by atoms with van der Waals surface area (Å²) in [5.41, 5.74) is 2.95. The van der Waals surface area contributed by atoms with E-state index in [0.29, 0.717) is 18.3 Å². The highest BCUT2D eigenvalue weighted by molar-refractivity contribution is 5.25. The van der Waals surface area contributed by atoms with E-state index < -0.39 is 17.7 Å². The number of pyridine rings is 1. The minimum absolute atomic E-state index is 0.177. The predicted molar refractivity (Wildman–Crippen MR) is 93.0 cm³/mol. The Hall–Kier alpha value is -1.84. The van der Waals surface area contributed by atoms with Crippen molar-refractivity contribution in [2.45, 2.75) is 57.8 Å². The van der Waals surface area contributed by atoms with Crippen LogP contribution in [0.15, 0.2) is 30.3 Å². The average molecular weight is 347 g/mol. The minimum atomic E-state index is -1.36. The topological polar surface area (TPSA) is 12.9 Å². The molecule has 0 bridgehead atoms. The maximum Gasteiger partial charge on any atom is 0.251 e. The third-order valence-corrected chi connectivity index (χ3v) is 5.49. The van der Waals surface area contributed by atoms with E-state index in [9.17, 15) is 13.2 Å². The van der Waals surface area contributed by atoms with Crippen LogP contribution in [0.3, 0.4) is 0 Å². The van der Waals surface area contributed by atoms with E-state index in [-0.39, 0.29) is 5.56 Å². The molecule has 1 aliphatic carbocycles. The summed E-state index contributed by atoms with van der Waals surface area (Å²) in [4.78, 5) is 2.99. The fraction of sp³-hybridized carbons (Fsp3) is 0.476. The quantitative estimate of drug-likeness (QED) is 0.607. The van der Waals surface area contributed by atoms with Crippen LogP contribution in [0.2, 0.25) is 0 Å². The zero-order chi connectivity index (χ0) is 17.8. The zero-order valence-corrected chi connectivity index (χ0v) is 14.6. The Morgan fingerprint density at radius 2 is 1.64 bits per heavy atom. The smallest absolute Gasteiger partial charge is 0.202 e. The van der Waals surface area contributed by atoms with E-state index in [1.165, 1.54) is 11.1 Å². The van der Waals surface area contributed by atoms with Gasteiger partial charge in [0.2, 0.25) is 5.95 Å². The second kappa shape index (κ2) is 8.03. The maximum absolute atomic E-state index is 13.6. The second-order valence-corrected chi connectivity index (χ2v) is 7.06. The summed E-state index contributed by atoms with van der Waals surface area (Å²) in [6, 6.07) is 9.84. The molecule has 0 radical (unpaired) electrons. The molecule has 1 saturated carbocycles. The fourth-order valence-electron chi connectivity index (χ4n) is 3.83. The van der Waals surface area contributed by atoms with Crippen molar-refractivity contribution in [1.82, 2.24) is 4.98 Å². The van der Waals surface area contributed by atoms with Crippen molar-refractivity contribution >= 4 is 0 Å². The molecule has 0 unspecified atom stereocenters. The molecule has 3 rings (SSSR count). The van der Waals surface area contributed by atoms with Crippen LogP contribution >= 0.6 is 0 Å². The summed E-state index contributed by atoms with van der Waals surface area (Å²) in [6.07, 6.45) is 6.73. The number of aromatic nitrogens is 1. The molecule has 0 amide bonds. The summed E-state index contributed by atoms with van der Waals surface area (Å²) in [7, 11) is 0. The first-order valence-corrected chi connectivity index (χ1v) is 9.16. The third kappa shape index (κ3) is 4.42. The van der Waals surface area contributed by atoms with Crippen LogP contribution in [-0.2, 0) is 12.8 Å². The van der Waals surface area contributed by atoms with Crippen LogP contribution in [0.25, 0.3) is 0 Å². The van der Waals surface area contributed by atoms with Gasteiger partial charge in [0.15, 0.2) is 5.82 Å². The molecule has 2 aromatic rings. The van der Waals surface area contributed by atoms with Gasteiger partial charge in [-0.05, 0) is 74.0 Å². The third-order valence-electron chi connectivity index (χ3n) is 5.49. The van der Waals surface area contributed by atoms with Gasteiger partial charge in [-0.1, -0.05) is 31.2 Å². The van der Waals surface area contributed by atoms with Gasteiger partial charge in [0, 0.05) is 5.56 Å². The number of halogens is 3. The predicted octanol–water partition coefficient (Wildman–Crippen LogP) is 5.97. The van der Waals surface area contributed by atoms with Crippen molar-refractivity contribution in [2.24, 2.45) is 5.92 Å². The van der Waals surface area contributed by atoms with Gasteiger partial charge in [-0.15, -0.1) is 0 Å². The molecule has 0 atom stereocenters. The van der Waals surface area contributed by atoms with Gasteiger partial charge in [-0.2, -0.15) is 13.8 Å². The number of nitrogens with zero attached hydrogens (tertiary/aromatic N) is 1. The first-order chi connectivity index (χ1) is 12.1. The molecule has 1 aromatic carbocycles. The molecular weight excluding hydrogens is 323 g/mol. The highest BCUT2D eigenvalue weighted by atomic mass is 19.2. The lowest BCUT2D eigenvalue weighted by Gasteiger charge is -2.29. The number of rotatable bonds is 5. The zero-order valence-electron chi connectivity index (χ0n) is 14.6. The van der Waals surface area contributed by atoms with Crippen molar-refractivity contribution in [3.05, 3.63) is 64.7 Å². The highest BCUT2D eigenvalue weighted by Gasteiger charge is 2.23. The number of hydrogen-bond donors (Lipinski definition) is 0. The van der Waals surface area contributed by atoms with Crippen LogP contribution < -0.4 is 0 Å². The van der Waals surface area contributed by atoms with Crippen LogP contribution in [-0.4, -0.2) is 4.98 Å². The highest BCUT2D eigenvalue weighted by Crippen LogP contribution is 2.37. The normalized spacial score (nSPS) is 20.6. The number of benzene rings is 1. The molecule has 0 aliphatic heterocycles. The van der Waals surface area contributed by atoms with E-state index in [2.05, 4.69) is 36.2 Å². The Bertz CT molecular complexity index is 704. The fourth-order valence-corrected chi connectivity index (χ4v) is 3.83. The van der Waals surface area contributed by atoms with E-state index in [1.807, 2.05) is 0 Å². The first-order valence-electron chi connectivity index (χ1n) is 9.16. The average Bonchev–Trinajstić information content (AvgIpc) is 2.64. The summed E-state index contributed by atoms with van der Waals surface area (Å²) in [5.74, 6) is -2.21. The van der Waals surface area contributed by atoms with Gasteiger partial charge in [0.05, 0.1) is 0 Å². The Morgan fingerprint density at radius 3 is 2.28 bits per heavy atom. The van der Waals surface area contributed by atoms with Gasteiger partial charge in [-0.3, -0.25) is 0 Å². The monoisotopic (exact) mass is 347 g/mol. The van der Waals surface area contributed by atoms with Gasteiger partial charge < -0.3 is 0 Å². The van der Waals surface area contributed by atoms with Crippen LogP contribution in [0.1, 0.15) is 61.6 Å². The van der Waals surface area contributed by atoms with Crippen molar-refractivity contribution in [3.63, 3.8) is 0 Å². The molecule has 1 aromatic heterocycles. The van der Waals surface area contributed by atoms with Crippen molar-refractivity contribution in [2.75, 3.05) is 0 Å².